The smallest absolute Gasteiger partial charge is 0.306 e. The van der Waals surface area contributed by atoms with E-state index in [9.17, 15) is 19.8 Å². The number of rotatable bonds is 49. The minimum absolute atomic E-state index is 0.0450. The molecule has 0 fully saturated rings. The summed E-state index contributed by atoms with van der Waals surface area (Å²) in [6.45, 7) is 6.45. The van der Waals surface area contributed by atoms with Crippen LogP contribution in [-0.2, 0) is 14.3 Å². The number of carbonyl (C=O) groups excluding carboxylic acids is 2. The van der Waals surface area contributed by atoms with Gasteiger partial charge in [-0.25, -0.2) is 0 Å². The standard InChI is InChI=1S/C58H105NO5/c1-4-7-10-13-16-19-22-25-28-29-30-33-36-39-42-45-48-51-58(63)64-54(49-46-43-40-37-34-31-26-23-20-17-14-11-8-5-2)52-57(62)59-55(53-60)56(61)50-47-44-41-38-35-32-27-24-21-18-15-12-9-6-3/h16,19,25,28,30-31,33-34,39,42,54-56,60-61H,4-15,17-18,20-24,26-27,29,32,35-38,40-41,43-53H2,1-3H3,(H,59,62)/b19-16-,28-25-,33-30-,34-31+,42-39-. The molecule has 0 heterocycles. The van der Waals surface area contributed by atoms with E-state index in [1.165, 1.54) is 141 Å². The first-order valence-corrected chi connectivity index (χ1v) is 27.5. The molecule has 0 saturated heterocycles. The van der Waals surface area contributed by atoms with Crippen molar-refractivity contribution in [2.45, 2.75) is 289 Å². The topological polar surface area (TPSA) is 95.9 Å². The third-order valence-electron chi connectivity index (χ3n) is 12.3. The Labute approximate surface area is 397 Å². The highest BCUT2D eigenvalue weighted by molar-refractivity contribution is 5.77. The van der Waals surface area contributed by atoms with E-state index < -0.39 is 18.2 Å². The van der Waals surface area contributed by atoms with Gasteiger partial charge in [0.2, 0.25) is 5.91 Å². The summed E-state index contributed by atoms with van der Waals surface area (Å²) in [6.07, 6.45) is 64.2. The van der Waals surface area contributed by atoms with Gasteiger partial charge in [-0.3, -0.25) is 9.59 Å². The fourth-order valence-electron chi connectivity index (χ4n) is 8.12. The predicted octanol–water partition coefficient (Wildman–Crippen LogP) is 16.8. The Bertz CT molecular complexity index is 1140. The molecule has 1 amide bonds. The fourth-order valence-corrected chi connectivity index (χ4v) is 8.12. The lowest BCUT2D eigenvalue weighted by molar-refractivity contribution is -0.151. The van der Waals surface area contributed by atoms with Gasteiger partial charge in [0.05, 0.1) is 25.2 Å². The second-order valence-electron chi connectivity index (χ2n) is 18.6. The van der Waals surface area contributed by atoms with E-state index >= 15 is 0 Å². The van der Waals surface area contributed by atoms with Gasteiger partial charge in [-0.2, -0.15) is 0 Å². The Morgan fingerprint density at radius 3 is 1.27 bits per heavy atom. The van der Waals surface area contributed by atoms with Crippen molar-refractivity contribution >= 4 is 11.9 Å². The van der Waals surface area contributed by atoms with E-state index in [-0.39, 0.29) is 24.9 Å². The van der Waals surface area contributed by atoms with Crippen LogP contribution in [0.5, 0.6) is 0 Å². The summed E-state index contributed by atoms with van der Waals surface area (Å²) in [5.74, 6) is -0.551. The molecule has 0 spiro atoms. The normalized spacial score (nSPS) is 13.6. The molecule has 0 rings (SSSR count). The van der Waals surface area contributed by atoms with E-state index in [0.717, 1.165) is 77.0 Å². The summed E-state index contributed by atoms with van der Waals surface area (Å²) in [7, 11) is 0. The van der Waals surface area contributed by atoms with Crippen LogP contribution in [0.4, 0.5) is 0 Å². The van der Waals surface area contributed by atoms with Crippen LogP contribution in [0.25, 0.3) is 0 Å². The summed E-state index contributed by atoms with van der Waals surface area (Å²) < 4.78 is 5.91. The molecule has 372 valence electrons. The molecule has 0 aliphatic rings. The number of esters is 1. The van der Waals surface area contributed by atoms with Crippen LogP contribution in [0.1, 0.15) is 271 Å². The lowest BCUT2D eigenvalue weighted by Gasteiger charge is -2.24. The van der Waals surface area contributed by atoms with Crippen LogP contribution in [0, 0.1) is 0 Å². The highest BCUT2D eigenvalue weighted by Crippen LogP contribution is 2.17. The molecule has 3 unspecified atom stereocenters. The van der Waals surface area contributed by atoms with Gasteiger partial charge in [-0.05, 0) is 89.9 Å². The number of hydrogen-bond donors (Lipinski definition) is 3. The quantitative estimate of drug-likeness (QED) is 0.0321. The molecular weight excluding hydrogens is 791 g/mol. The Morgan fingerprint density at radius 1 is 0.453 bits per heavy atom. The molecule has 6 heteroatoms. The number of ether oxygens (including phenoxy) is 1. The SMILES string of the molecule is CCCCC/C=C\C/C=C\C/C=C\C/C=C\CCCC(=O)OC(CCCCC/C=C/CCCCCCCCC)CC(=O)NC(CO)C(O)CCCCCCCCCCCCCCCC. The van der Waals surface area contributed by atoms with E-state index in [2.05, 4.69) is 86.8 Å². The van der Waals surface area contributed by atoms with Gasteiger partial charge < -0.3 is 20.3 Å². The molecule has 0 aromatic carbocycles. The summed E-state index contributed by atoms with van der Waals surface area (Å²) in [5.41, 5.74) is 0. The Morgan fingerprint density at radius 2 is 0.797 bits per heavy atom. The monoisotopic (exact) mass is 896 g/mol. The van der Waals surface area contributed by atoms with Gasteiger partial charge in [0.15, 0.2) is 0 Å². The van der Waals surface area contributed by atoms with Crippen molar-refractivity contribution in [2.75, 3.05) is 6.61 Å². The van der Waals surface area contributed by atoms with Gasteiger partial charge >= 0.3 is 5.97 Å². The number of amides is 1. The number of aliphatic hydroxyl groups is 2. The highest BCUT2D eigenvalue weighted by Gasteiger charge is 2.24. The first-order chi connectivity index (χ1) is 31.5. The Balaban J connectivity index is 4.67. The molecule has 0 bridgehead atoms. The van der Waals surface area contributed by atoms with Gasteiger partial charge in [-0.15, -0.1) is 0 Å². The molecule has 0 aliphatic carbocycles. The van der Waals surface area contributed by atoms with Crippen molar-refractivity contribution in [1.82, 2.24) is 5.32 Å². The summed E-state index contributed by atoms with van der Waals surface area (Å²) in [5, 5.41) is 23.8. The first-order valence-electron chi connectivity index (χ1n) is 27.5. The summed E-state index contributed by atoms with van der Waals surface area (Å²) in [6, 6.07) is -0.718. The van der Waals surface area contributed by atoms with Gasteiger partial charge in [0, 0.05) is 6.42 Å². The second kappa shape index (κ2) is 51.5. The van der Waals surface area contributed by atoms with E-state index in [0.29, 0.717) is 25.7 Å². The molecule has 0 aromatic rings. The number of aliphatic hydroxyl groups excluding tert-OH is 2. The van der Waals surface area contributed by atoms with Crippen molar-refractivity contribution in [3.05, 3.63) is 60.8 Å². The largest absolute Gasteiger partial charge is 0.462 e. The van der Waals surface area contributed by atoms with Crippen LogP contribution >= 0.6 is 0 Å². The molecular formula is C58H105NO5. The number of allylic oxidation sites excluding steroid dienone is 10. The molecule has 0 aromatic heterocycles. The van der Waals surface area contributed by atoms with Crippen LogP contribution in [0.2, 0.25) is 0 Å². The third kappa shape index (κ3) is 46.1. The maximum Gasteiger partial charge on any atom is 0.306 e. The fraction of sp³-hybridized carbons (Fsp3) is 0.793. The van der Waals surface area contributed by atoms with E-state index in [1.807, 2.05) is 0 Å². The van der Waals surface area contributed by atoms with E-state index in [4.69, 9.17) is 4.74 Å². The lowest BCUT2D eigenvalue weighted by Crippen LogP contribution is -2.46. The second-order valence-corrected chi connectivity index (χ2v) is 18.6. The lowest BCUT2D eigenvalue weighted by atomic mass is 10.0. The minimum atomic E-state index is -0.802. The van der Waals surface area contributed by atoms with Gasteiger partial charge in [0.25, 0.3) is 0 Å². The Hall–Kier alpha value is -2.44. The zero-order valence-electron chi connectivity index (χ0n) is 42.4. The number of nitrogens with one attached hydrogen (secondary N) is 1. The number of unbranched alkanes of at least 4 members (excludes halogenated alkanes) is 27. The zero-order chi connectivity index (χ0) is 46.7. The summed E-state index contributed by atoms with van der Waals surface area (Å²) >= 11 is 0. The molecule has 3 N–H and O–H groups in total. The number of carbonyl (C=O) groups is 2. The van der Waals surface area contributed by atoms with Crippen LogP contribution < -0.4 is 5.32 Å². The van der Waals surface area contributed by atoms with Crippen LogP contribution in [-0.4, -0.2) is 46.9 Å². The van der Waals surface area contributed by atoms with Crippen LogP contribution in [0.15, 0.2) is 60.8 Å². The van der Waals surface area contributed by atoms with E-state index in [1.54, 1.807) is 0 Å². The molecule has 0 saturated carbocycles. The van der Waals surface area contributed by atoms with Crippen molar-refractivity contribution in [1.29, 1.82) is 0 Å². The van der Waals surface area contributed by atoms with Crippen molar-refractivity contribution in [3.63, 3.8) is 0 Å². The molecule has 0 radical (unpaired) electrons. The summed E-state index contributed by atoms with van der Waals surface area (Å²) in [4.78, 5) is 26.2. The molecule has 3 atom stereocenters. The first kappa shape index (κ1) is 61.6. The zero-order valence-corrected chi connectivity index (χ0v) is 42.4. The van der Waals surface area contributed by atoms with Gasteiger partial charge in [0.1, 0.15) is 6.10 Å². The predicted molar refractivity (Wildman–Crippen MR) is 278 cm³/mol. The van der Waals surface area contributed by atoms with Crippen molar-refractivity contribution in [3.8, 4) is 0 Å². The minimum Gasteiger partial charge on any atom is -0.462 e. The molecule has 0 aliphatic heterocycles. The Kier molecular flexibility index (Phi) is 49.6. The maximum atomic E-state index is 13.2. The van der Waals surface area contributed by atoms with Crippen molar-refractivity contribution < 1.29 is 24.5 Å². The average molecular weight is 896 g/mol. The highest BCUT2D eigenvalue weighted by atomic mass is 16.5. The number of hydrogen-bond acceptors (Lipinski definition) is 5. The maximum absolute atomic E-state index is 13.2. The molecule has 64 heavy (non-hydrogen) atoms. The molecule has 6 nitrogen and oxygen atoms in total. The van der Waals surface area contributed by atoms with Gasteiger partial charge in [-0.1, -0.05) is 229 Å². The van der Waals surface area contributed by atoms with Crippen LogP contribution in [0.3, 0.4) is 0 Å². The third-order valence-corrected chi connectivity index (χ3v) is 12.3. The average Bonchev–Trinajstić information content (AvgIpc) is 3.29. The van der Waals surface area contributed by atoms with Crippen molar-refractivity contribution in [2.24, 2.45) is 0 Å².